The highest BCUT2D eigenvalue weighted by Crippen LogP contribution is 2.30. The van der Waals surface area contributed by atoms with Crippen LogP contribution in [-0.2, 0) is 6.42 Å². The minimum absolute atomic E-state index is 0.0770. The lowest BCUT2D eigenvalue weighted by Crippen LogP contribution is -2.35. The van der Waals surface area contributed by atoms with Crippen LogP contribution in [0.5, 0.6) is 0 Å². The molecule has 0 atom stereocenters. The highest BCUT2D eigenvalue weighted by atomic mass is 32.1. The Hall–Kier alpha value is -1.74. The van der Waals surface area contributed by atoms with E-state index in [2.05, 4.69) is 37.8 Å². The van der Waals surface area contributed by atoms with E-state index < -0.39 is 0 Å². The zero-order valence-corrected chi connectivity index (χ0v) is 13.3. The maximum atomic E-state index is 12.9. The van der Waals surface area contributed by atoms with Crippen molar-refractivity contribution >= 4 is 24.2 Å². The van der Waals surface area contributed by atoms with Crippen molar-refractivity contribution in [2.24, 2.45) is 0 Å². The van der Waals surface area contributed by atoms with Crippen molar-refractivity contribution in [2.45, 2.75) is 31.6 Å². The number of nitrogens with zero attached hydrogens (tertiary/aromatic N) is 1. The molecule has 1 aliphatic rings. The molecule has 0 spiro atoms. The van der Waals surface area contributed by atoms with Gasteiger partial charge < -0.3 is 4.90 Å². The number of aryl methyl sites for hydroxylation is 3. The second kappa shape index (κ2) is 5.57. The Kier molecular flexibility index (Phi) is 3.77. The number of rotatable bonds is 1. The van der Waals surface area contributed by atoms with Crippen molar-refractivity contribution in [2.75, 3.05) is 11.4 Å². The SMILES string of the molecule is Cc1ccc2c(c1)CCCN2C(=O)c1cc(S)ccc1C. The third kappa shape index (κ3) is 2.70. The third-order valence-electron chi connectivity index (χ3n) is 4.05. The van der Waals surface area contributed by atoms with E-state index in [1.165, 1.54) is 11.1 Å². The van der Waals surface area contributed by atoms with Gasteiger partial charge in [-0.3, -0.25) is 4.79 Å². The van der Waals surface area contributed by atoms with Crippen molar-refractivity contribution in [1.82, 2.24) is 0 Å². The maximum Gasteiger partial charge on any atom is 0.258 e. The molecule has 1 heterocycles. The fourth-order valence-corrected chi connectivity index (χ4v) is 3.13. The first-order valence-electron chi connectivity index (χ1n) is 7.27. The summed E-state index contributed by atoms with van der Waals surface area (Å²) in [5, 5.41) is 0. The molecule has 0 radical (unpaired) electrons. The molecule has 0 unspecified atom stereocenters. The van der Waals surface area contributed by atoms with Crippen molar-refractivity contribution in [3.8, 4) is 0 Å². The summed E-state index contributed by atoms with van der Waals surface area (Å²) >= 11 is 4.36. The summed E-state index contributed by atoms with van der Waals surface area (Å²) in [6.45, 7) is 4.85. The van der Waals surface area contributed by atoms with Crippen LogP contribution >= 0.6 is 12.6 Å². The highest BCUT2D eigenvalue weighted by molar-refractivity contribution is 7.80. The molecule has 0 saturated heterocycles. The molecule has 0 fully saturated rings. The zero-order chi connectivity index (χ0) is 15.0. The summed E-state index contributed by atoms with van der Waals surface area (Å²) in [5.74, 6) is 0.0770. The van der Waals surface area contributed by atoms with Gasteiger partial charge in [-0.05, 0) is 56.0 Å². The molecule has 0 aliphatic carbocycles. The molecular formula is C18H19NOS. The van der Waals surface area contributed by atoms with E-state index in [9.17, 15) is 4.79 Å². The van der Waals surface area contributed by atoms with Gasteiger partial charge in [0.25, 0.3) is 5.91 Å². The fourth-order valence-electron chi connectivity index (χ4n) is 2.92. The average molecular weight is 297 g/mol. The smallest absolute Gasteiger partial charge is 0.258 e. The van der Waals surface area contributed by atoms with Gasteiger partial charge in [0.05, 0.1) is 0 Å². The van der Waals surface area contributed by atoms with Crippen LogP contribution in [0.25, 0.3) is 0 Å². The van der Waals surface area contributed by atoms with Crippen LogP contribution in [0.2, 0.25) is 0 Å². The molecule has 1 amide bonds. The molecule has 0 saturated carbocycles. The molecule has 0 bridgehead atoms. The van der Waals surface area contributed by atoms with Gasteiger partial charge in [0, 0.05) is 22.7 Å². The van der Waals surface area contributed by atoms with E-state index >= 15 is 0 Å². The standard InChI is InChI=1S/C18H19NOS/c1-12-5-8-17-14(10-12)4-3-9-19(17)18(20)16-11-15(21)7-6-13(16)2/h5-8,10-11,21H,3-4,9H2,1-2H3. The minimum Gasteiger partial charge on any atom is -0.308 e. The zero-order valence-electron chi connectivity index (χ0n) is 12.4. The van der Waals surface area contributed by atoms with Gasteiger partial charge in [0.1, 0.15) is 0 Å². The van der Waals surface area contributed by atoms with E-state index in [0.29, 0.717) is 0 Å². The first kappa shape index (κ1) is 14.2. The molecule has 1 aliphatic heterocycles. The molecular weight excluding hydrogens is 278 g/mol. The first-order valence-corrected chi connectivity index (χ1v) is 7.72. The topological polar surface area (TPSA) is 20.3 Å². The Morgan fingerprint density at radius 2 is 1.95 bits per heavy atom. The Morgan fingerprint density at radius 1 is 1.14 bits per heavy atom. The van der Waals surface area contributed by atoms with Crippen LogP contribution in [0, 0.1) is 13.8 Å². The molecule has 108 valence electrons. The first-order chi connectivity index (χ1) is 10.1. The number of carbonyl (C=O) groups is 1. The lowest BCUT2D eigenvalue weighted by atomic mass is 9.98. The Bertz CT molecular complexity index is 708. The molecule has 3 rings (SSSR count). The van der Waals surface area contributed by atoms with E-state index in [1.807, 2.05) is 30.0 Å². The van der Waals surface area contributed by atoms with Gasteiger partial charge in [0.15, 0.2) is 0 Å². The number of fused-ring (bicyclic) bond motifs is 1. The van der Waals surface area contributed by atoms with Crippen molar-refractivity contribution in [3.63, 3.8) is 0 Å². The van der Waals surface area contributed by atoms with E-state index in [1.54, 1.807) is 0 Å². The maximum absolute atomic E-state index is 12.9. The lowest BCUT2D eigenvalue weighted by Gasteiger charge is -2.30. The summed E-state index contributed by atoms with van der Waals surface area (Å²) in [6.07, 6.45) is 2.06. The summed E-state index contributed by atoms with van der Waals surface area (Å²) in [6, 6.07) is 12.1. The molecule has 3 heteroatoms. The molecule has 2 aromatic rings. The summed E-state index contributed by atoms with van der Waals surface area (Å²) in [7, 11) is 0. The number of anilines is 1. The molecule has 21 heavy (non-hydrogen) atoms. The Labute approximate surface area is 131 Å². The van der Waals surface area contributed by atoms with Crippen molar-refractivity contribution in [1.29, 1.82) is 0 Å². The largest absolute Gasteiger partial charge is 0.308 e. The number of hydrogen-bond donors (Lipinski definition) is 1. The van der Waals surface area contributed by atoms with E-state index in [-0.39, 0.29) is 5.91 Å². The van der Waals surface area contributed by atoms with Crippen molar-refractivity contribution < 1.29 is 4.79 Å². The molecule has 0 N–H and O–H groups in total. The number of benzene rings is 2. The number of thiol groups is 1. The van der Waals surface area contributed by atoms with Gasteiger partial charge >= 0.3 is 0 Å². The van der Waals surface area contributed by atoms with Crippen LogP contribution in [0.1, 0.15) is 33.5 Å². The number of carbonyl (C=O) groups excluding carboxylic acids is 1. The number of amides is 1. The van der Waals surface area contributed by atoms with Crippen LogP contribution in [-0.4, -0.2) is 12.5 Å². The predicted octanol–water partition coefficient (Wildman–Crippen LogP) is 4.19. The van der Waals surface area contributed by atoms with Gasteiger partial charge in [-0.1, -0.05) is 23.8 Å². The number of hydrogen-bond acceptors (Lipinski definition) is 2. The van der Waals surface area contributed by atoms with Crippen molar-refractivity contribution in [3.05, 3.63) is 58.7 Å². The van der Waals surface area contributed by atoms with Gasteiger partial charge in [-0.25, -0.2) is 0 Å². The van der Waals surface area contributed by atoms with Crippen LogP contribution in [0.4, 0.5) is 5.69 Å². The van der Waals surface area contributed by atoms with Crippen LogP contribution in [0.3, 0.4) is 0 Å². The van der Waals surface area contributed by atoms with Gasteiger partial charge in [-0.15, -0.1) is 12.6 Å². The van der Waals surface area contributed by atoms with Gasteiger partial charge in [-0.2, -0.15) is 0 Å². The Balaban J connectivity index is 2.02. The van der Waals surface area contributed by atoms with Crippen LogP contribution < -0.4 is 4.90 Å². The van der Waals surface area contributed by atoms with E-state index in [4.69, 9.17) is 0 Å². The monoisotopic (exact) mass is 297 g/mol. The molecule has 2 aromatic carbocycles. The third-order valence-corrected chi connectivity index (χ3v) is 4.33. The minimum atomic E-state index is 0.0770. The summed E-state index contributed by atoms with van der Waals surface area (Å²) < 4.78 is 0. The summed E-state index contributed by atoms with van der Waals surface area (Å²) in [4.78, 5) is 15.6. The Morgan fingerprint density at radius 3 is 2.76 bits per heavy atom. The second-order valence-corrected chi connectivity index (χ2v) is 6.21. The highest BCUT2D eigenvalue weighted by Gasteiger charge is 2.24. The van der Waals surface area contributed by atoms with E-state index in [0.717, 1.165) is 41.1 Å². The quantitative estimate of drug-likeness (QED) is 0.783. The average Bonchev–Trinajstić information content (AvgIpc) is 2.48. The lowest BCUT2D eigenvalue weighted by molar-refractivity contribution is 0.0984. The normalized spacial score (nSPS) is 14.0. The predicted molar refractivity (Wildman–Crippen MR) is 89.6 cm³/mol. The van der Waals surface area contributed by atoms with Crippen LogP contribution in [0.15, 0.2) is 41.3 Å². The fraction of sp³-hybridized carbons (Fsp3) is 0.278. The molecule has 2 nitrogen and oxygen atoms in total. The van der Waals surface area contributed by atoms with Gasteiger partial charge in [0.2, 0.25) is 0 Å². The second-order valence-electron chi connectivity index (χ2n) is 5.69. The molecule has 0 aromatic heterocycles. The summed E-state index contributed by atoms with van der Waals surface area (Å²) in [5.41, 5.74) is 5.32.